The summed E-state index contributed by atoms with van der Waals surface area (Å²) in [6.45, 7) is 5.24. The smallest absolute Gasteiger partial charge is 0.306 e. The Bertz CT molecular complexity index is 1280. The molecule has 0 spiro atoms. The van der Waals surface area contributed by atoms with Crippen molar-refractivity contribution in [2.24, 2.45) is 0 Å². The van der Waals surface area contributed by atoms with Crippen molar-refractivity contribution in [1.82, 2.24) is 0 Å². The van der Waals surface area contributed by atoms with Crippen molar-refractivity contribution < 1.29 is 56.8 Å². The summed E-state index contributed by atoms with van der Waals surface area (Å²) in [6.07, 6.45) is 33.4. The molecular formula is C47H82O12S. The molecule has 12 nitrogen and oxygen atoms in total. The van der Waals surface area contributed by atoms with Crippen LogP contribution in [0.2, 0.25) is 0 Å². The molecule has 0 radical (unpaired) electrons. The van der Waals surface area contributed by atoms with Crippen molar-refractivity contribution in [2.75, 3.05) is 19.0 Å². The van der Waals surface area contributed by atoms with Crippen LogP contribution in [0.5, 0.6) is 0 Å². The molecule has 1 aliphatic rings. The molecule has 1 aliphatic heterocycles. The molecule has 0 aromatic rings. The lowest BCUT2D eigenvalue weighted by Gasteiger charge is -2.40. The number of aliphatic hydroxyl groups is 3. The van der Waals surface area contributed by atoms with E-state index in [0.29, 0.717) is 19.3 Å². The van der Waals surface area contributed by atoms with Crippen molar-refractivity contribution in [3.05, 3.63) is 49.1 Å². The van der Waals surface area contributed by atoms with Crippen LogP contribution in [0.4, 0.5) is 0 Å². The van der Waals surface area contributed by atoms with Gasteiger partial charge in [-0.3, -0.25) is 14.1 Å². The number of hydrogen-bond acceptors (Lipinski definition) is 11. The molecule has 0 aromatic carbocycles. The number of rotatable bonds is 39. The van der Waals surface area contributed by atoms with Crippen LogP contribution in [-0.2, 0) is 38.7 Å². The molecule has 0 bridgehead atoms. The maximum absolute atomic E-state index is 12.8. The largest absolute Gasteiger partial charge is 0.462 e. The lowest BCUT2D eigenvalue weighted by molar-refractivity contribution is -0.297. The lowest BCUT2D eigenvalue weighted by Crippen LogP contribution is -2.60. The Hall–Kier alpha value is -2.39. The second kappa shape index (κ2) is 37.2. The van der Waals surface area contributed by atoms with Crippen LogP contribution in [-0.4, -0.2) is 96.0 Å². The fourth-order valence-electron chi connectivity index (χ4n) is 6.91. The summed E-state index contributed by atoms with van der Waals surface area (Å²) in [6, 6.07) is 0. The topological polar surface area (TPSA) is 186 Å². The number of aliphatic hydroxyl groups excluding tert-OH is 3. The number of ether oxygens (including phenoxy) is 4. The average molecular weight is 871 g/mol. The van der Waals surface area contributed by atoms with E-state index >= 15 is 0 Å². The molecule has 1 fully saturated rings. The minimum absolute atomic E-state index is 0.146. The molecule has 13 heteroatoms. The van der Waals surface area contributed by atoms with Gasteiger partial charge in [-0.15, -0.1) is 6.58 Å². The fourth-order valence-corrected chi connectivity index (χ4v) is 7.60. The van der Waals surface area contributed by atoms with E-state index in [9.17, 15) is 37.9 Å². The second-order valence-corrected chi connectivity index (χ2v) is 17.6. The number of allylic oxidation sites excluding steroid dienone is 7. The van der Waals surface area contributed by atoms with Crippen molar-refractivity contribution in [3.63, 3.8) is 0 Å². The summed E-state index contributed by atoms with van der Waals surface area (Å²) in [5.74, 6) is -2.05. The molecule has 0 aliphatic carbocycles. The molecule has 60 heavy (non-hydrogen) atoms. The third kappa shape index (κ3) is 31.5. The number of esters is 2. The molecule has 4 N–H and O–H groups in total. The molecule has 6 atom stereocenters. The minimum Gasteiger partial charge on any atom is -0.462 e. The standard InChI is InChI=1S/C47H82O12S/c1-3-5-7-9-11-13-15-17-19-20-22-23-25-27-29-31-33-35-42(48)56-37-40(38-57-47-46(52)45(51)44(50)41(59-47)39-60(53,54)55)58-43(49)36-34-32-30-28-26-24-21-18-16-14-12-10-8-6-4-2/h4,17,19,22-23,27,29,40-41,44-47,50-52H,2-3,5-16,18,20-21,24-26,28,30-39H2,1H3,(H,53,54,55)/b19-17+,23-22+,29-27+/t40-,41-,44-,45?,46?,47+/m1/s1. The van der Waals surface area contributed by atoms with E-state index in [2.05, 4.69) is 43.9 Å². The van der Waals surface area contributed by atoms with E-state index in [4.69, 9.17) is 18.9 Å². The van der Waals surface area contributed by atoms with Gasteiger partial charge < -0.3 is 34.3 Å². The molecular weight excluding hydrogens is 789 g/mol. The van der Waals surface area contributed by atoms with Gasteiger partial charge in [0.15, 0.2) is 12.4 Å². The van der Waals surface area contributed by atoms with Gasteiger partial charge in [0.05, 0.1) is 6.61 Å². The highest BCUT2D eigenvalue weighted by Crippen LogP contribution is 2.24. The number of hydrogen-bond donors (Lipinski definition) is 4. The Morgan fingerprint density at radius 1 is 0.617 bits per heavy atom. The Morgan fingerprint density at radius 3 is 1.65 bits per heavy atom. The monoisotopic (exact) mass is 871 g/mol. The zero-order valence-electron chi connectivity index (χ0n) is 36.9. The van der Waals surface area contributed by atoms with Gasteiger partial charge in [-0.05, 0) is 57.8 Å². The number of unbranched alkanes of at least 4 members (excludes halogenated alkanes) is 20. The molecule has 0 saturated carbocycles. The lowest BCUT2D eigenvalue weighted by atomic mass is 10.00. The van der Waals surface area contributed by atoms with E-state index in [1.165, 1.54) is 96.3 Å². The Morgan fingerprint density at radius 2 is 1.10 bits per heavy atom. The predicted molar refractivity (Wildman–Crippen MR) is 238 cm³/mol. The maximum Gasteiger partial charge on any atom is 0.306 e. The summed E-state index contributed by atoms with van der Waals surface area (Å²) in [5.41, 5.74) is 0. The zero-order chi connectivity index (χ0) is 44.1. The van der Waals surface area contributed by atoms with Gasteiger partial charge in [0.2, 0.25) is 0 Å². The van der Waals surface area contributed by atoms with Gasteiger partial charge in [-0.25, -0.2) is 0 Å². The summed E-state index contributed by atoms with van der Waals surface area (Å²) in [7, 11) is -4.61. The third-order valence-electron chi connectivity index (χ3n) is 10.5. The predicted octanol–water partition coefficient (Wildman–Crippen LogP) is 9.56. The van der Waals surface area contributed by atoms with Crippen molar-refractivity contribution in [1.29, 1.82) is 0 Å². The third-order valence-corrected chi connectivity index (χ3v) is 11.3. The molecule has 2 unspecified atom stereocenters. The number of carbonyl (C=O) groups excluding carboxylic acids is 2. The molecule has 1 heterocycles. The zero-order valence-corrected chi connectivity index (χ0v) is 37.7. The van der Waals surface area contributed by atoms with Gasteiger partial charge in [0.1, 0.15) is 36.8 Å². The van der Waals surface area contributed by atoms with Gasteiger partial charge in [-0.1, -0.05) is 152 Å². The highest BCUT2D eigenvalue weighted by molar-refractivity contribution is 7.85. The first-order chi connectivity index (χ1) is 29.0. The SMILES string of the molecule is C=CCCCCCCCCCCCCCCCC(=O)O[C@H](COC(=O)CCC/C=C/C/C=C/C/C=C/CCCCCCCC)CO[C@H]1O[C@H](CS(=O)(=O)O)[C@@H](O)C(O)C1O. The van der Waals surface area contributed by atoms with Crippen molar-refractivity contribution >= 4 is 22.1 Å². The van der Waals surface area contributed by atoms with E-state index in [1.54, 1.807) is 0 Å². The first-order valence-electron chi connectivity index (χ1n) is 23.2. The van der Waals surface area contributed by atoms with E-state index in [0.717, 1.165) is 44.9 Å². The van der Waals surface area contributed by atoms with Gasteiger partial charge in [0, 0.05) is 12.8 Å². The number of carbonyl (C=O) groups is 2. The average Bonchev–Trinajstić information content (AvgIpc) is 3.21. The molecule has 0 amide bonds. The van der Waals surface area contributed by atoms with Crippen molar-refractivity contribution in [2.45, 2.75) is 217 Å². The van der Waals surface area contributed by atoms with Crippen LogP contribution in [0.3, 0.4) is 0 Å². The first-order valence-corrected chi connectivity index (χ1v) is 24.8. The van der Waals surface area contributed by atoms with Crippen LogP contribution in [0.25, 0.3) is 0 Å². The van der Waals surface area contributed by atoms with Crippen LogP contribution in [0.1, 0.15) is 180 Å². The van der Waals surface area contributed by atoms with E-state index < -0.39 is 71.2 Å². The van der Waals surface area contributed by atoms with Crippen LogP contribution in [0.15, 0.2) is 49.1 Å². The highest BCUT2D eigenvalue weighted by atomic mass is 32.2. The quantitative estimate of drug-likeness (QED) is 0.0199. The normalized spacial score (nSPS) is 20.3. The van der Waals surface area contributed by atoms with E-state index in [-0.39, 0.29) is 19.4 Å². The summed E-state index contributed by atoms with van der Waals surface area (Å²) in [5, 5.41) is 30.9. The van der Waals surface area contributed by atoms with Gasteiger partial charge in [0.25, 0.3) is 10.1 Å². The van der Waals surface area contributed by atoms with Gasteiger partial charge in [-0.2, -0.15) is 8.42 Å². The van der Waals surface area contributed by atoms with E-state index in [1.807, 2.05) is 12.2 Å². The summed E-state index contributed by atoms with van der Waals surface area (Å²) in [4.78, 5) is 25.4. The Labute approximate surface area is 363 Å². The molecule has 0 aromatic heterocycles. The van der Waals surface area contributed by atoms with Crippen LogP contribution >= 0.6 is 0 Å². The van der Waals surface area contributed by atoms with Crippen molar-refractivity contribution in [3.8, 4) is 0 Å². The summed E-state index contributed by atoms with van der Waals surface area (Å²) < 4.78 is 54.0. The second-order valence-electron chi connectivity index (χ2n) is 16.1. The fraction of sp³-hybridized carbons (Fsp3) is 0.787. The van der Waals surface area contributed by atoms with Gasteiger partial charge >= 0.3 is 11.9 Å². The highest BCUT2D eigenvalue weighted by Gasteiger charge is 2.46. The molecule has 1 saturated heterocycles. The molecule has 1 rings (SSSR count). The van der Waals surface area contributed by atoms with Crippen LogP contribution in [0, 0.1) is 0 Å². The van der Waals surface area contributed by atoms with Crippen LogP contribution < -0.4 is 0 Å². The summed E-state index contributed by atoms with van der Waals surface area (Å²) >= 11 is 0. The minimum atomic E-state index is -4.61. The maximum atomic E-state index is 12.8. The Balaban J connectivity index is 2.47. The Kier molecular flexibility index (Phi) is 34.5. The molecule has 348 valence electrons. The first kappa shape index (κ1) is 55.6.